The molecule has 176 valence electrons. The Kier molecular flexibility index (Phi) is 6.13. The molecule has 0 atom stereocenters. The van der Waals surface area contributed by atoms with E-state index >= 15 is 0 Å². The fourth-order valence-electron chi connectivity index (χ4n) is 4.22. The smallest absolute Gasteiger partial charge is 0.283 e. The average Bonchev–Trinajstić information content (AvgIpc) is 3.37. The lowest BCUT2D eigenvalue weighted by Gasteiger charge is -2.20. The molecule has 1 aromatic heterocycles. The van der Waals surface area contributed by atoms with Crippen LogP contribution in [-0.4, -0.2) is 38.1 Å². The number of carbonyl (C=O) groups excluding carboxylic acids is 1. The molecule has 5 rings (SSSR count). The molecular formula is C27H25N5O2S. The maximum Gasteiger partial charge on any atom is 0.283 e. The third kappa shape index (κ3) is 4.44. The average molecular weight is 484 g/mol. The Hall–Kier alpha value is -3.91. The zero-order valence-electron chi connectivity index (χ0n) is 19.8. The van der Waals surface area contributed by atoms with Crippen molar-refractivity contribution in [3.05, 3.63) is 88.8 Å². The van der Waals surface area contributed by atoms with Gasteiger partial charge in [0.15, 0.2) is 5.84 Å². The number of hydrogen-bond acceptors (Lipinski definition) is 5. The molecule has 35 heavy (non-hydrogen) atoms. The van der Waals surface area contributed by atoms with Crippen LogP contribution < -0.4 is 4.74 Å². The van der Waals surface area contributed by atoms with E-state index in [0.29, 0.717) is 18.2 Å². The summed E-state index contributed by atoms with van der Waals surface area (Å²) in [5, 5.41) is 16.0. The SMILES string of the molecule is CCOc1ccc(-n2c(C)cc(/C=C3/C(=N)N4N=C(Cc5ccccc5)SC4=NC3=O)c2C)cc1. The number of aliphatic imine (C=N–C) groups is 1. The minimum atomic E-state index is -0.421. The lowest BCUT2D eigenvalue weighted by molar-refractivity contribution is -0.114. The standard InChI is InChI=1S/C27H25N5O2S/c1-4-34-22-12-10-21(11-13-22)31-17(2)14-20(18(31)3)16-23-25(28)32-27(29-26(23)33)35-24(30-32)15-19-8-6-5-7-9-19/h5-14,16,28H,4,15H2,1-3H3/b23-16-,28-25?. The first kappa shape index (κ1) is 22.9. The minimum absolute atomic E-state index is 0.0430. The topological polar surface area (TPSA) is 83.0 Å². The van der Waals surface area contributed by atoms with Crippen molar-refractivity contribution in [1.82, 2.24) is 9.58 Å². The first-order chi connectivity index (χ1) is 16.9. The number of thioether (sulfide) groups is 1. The van der Waals surface area contributed by atoms with E-state index in [1.807, 2.05) is 81.4 Å². The molecule has 3 aromatic rings. The van der Waals surface area contributed by atoms with Crippen LogP contribution in [0.4, 0.5) is 0 Å². The van der Waals surface area contributed by atoms with Gasteiger partial charge in [-0.1, -0.05) is 30.3 Å². The molecule has 0 radical (unpaired) electrons. The summed E-state index contributed by atoms with van der Waals surface area (Å²) in [6, 6.07) is 19.9. The van der Waals surface area contributed by atoms with E-state index in [-0.39, 0.29) is 11.4 Å². The van der Waals surface area contributed by atoms with Crippen molar-refractivity contribution in [1.29, 1.82) is 5.41 Å². The normalized spacial score (nSPS) is 16.4. The van der Waals surface area contributed by atoms with E-state index in [9.17, 15) is 4.79 Å². The van der Waals surface area contributed by atoms with E-state index in [0.717, 1.165) is 39.0 Å². The van der Waals surface area contributed by atoms with Gasteiger partial charge in [0.2, 0.25) is 5.17 Å². The number of benzene rings is 2. The fourth-order valence-corrected chi connectivity index (χ4v) is 5.14. The molecule has 2 aliphatic rings. The van der Waals surface area contributed by atoms with Crippen LogP contribution in [0.2, 0.25) is 0 Å². The highest BCUT2D eigenvalue weighted by molar-refractivity contribution is 8.26. The third-order valence-corrected chi connectivity index (χ3v) is 6.78. The van der Waals surface area contributed by atoms with Crippen molar-refractivity contribution in [2.75, 3.05) is 6.61 Å². The van der Waals surface area contributed by atoms with E-state index < -0.39 is 5.91 Å². The van der Waals surface area contributed by atoms with Gasteiger partial charge in [0.1, 0.15) is 10.8 Å². The number of hydrogen-bond donors (Lipinski definition) is 1. The molecule has 3 heterocycles. The Morgan fingerprint density at radius 2 is 1.83 bits per heavy atom. The van der Waals surface area contributed by atoms with Gasteiger partial charge < -0.3 is 9.30 Å². The maximum absolute atomic E-state index is 12.9. The van der Waals surface area contributed by atoms with Crippen molar-refractivity contribution >= 4 is 39.8 Å². The lowest BCUT2D eigenvalue weighted by Crippen LogP contribution is -2.35. The number of ether oxygens (including phenoxy) is 1. The monoisotopic (exact) mass is 483 g/mol. The number of rotatable bonds is 6. The number of carbonyl (C=O) groups is 1. The van der Waals surface area contributed by atoms with Gasteiger partial charge in [-0.05, 0) is 80.1 Å². The quantitative estimate of drug-likeness (QED) is 0.479. The van der Waals surface area contributed by atoms with Crippen molar-refractivity contribution < 1.29 is 9.53 Å². The number of aromatic nitrogens is 1. The van der Waals surface area contributed by atoms with Crippen LogP contribution >= 0.6 is 11.8 Å². The van der Waals surface area contributed by atoms with Crippen LogP contribution in [-0.2, 0) is 11.2 Å². The van der Waals surface area contributed by atoms with Gasteiger partial charge in [-0.25, -0.2) is 0 Å². The molecular weight excluding hydrogens is 458 g/mol. The molecule has 1 N–H and O–H groups in total. The van der Waals surface area contributed by atoms with Gasteiger partial charge in [0, 0.05) is 23.5 Å². The fraction of sp³-hybridized carbons (Fsp3) is 0.185. The highest BCUT2D eigenvalue weighted by atomic mass is 32.2. The van der Waals surface area contributed by atoms with Crippen LogP contribution in [0.15, 0.2) is 76.3 Å². The summed E-state index contributed by atoms with van der Waals surface area (Å²) in [4.78, 5) is 17.1. The first-order valence-corrected chi connectivity index (χ1v) is 12.2. The van der Waals surface area contributed by atoms with Crippen molar-refractivity contribution in [2.24, 2.45) is 10.1 Å². The second-order valence-corrected chi connectivity index (χ2v) is 9.31. The number of nitrogens with zero attached hydrogens (tertiary/aromatic N) is 4. The van der Waals surface area contributed by atoms with Gasteiger partial charge in [0.05, 0.1) is 12.2 Å². The molecule has 0 unspecified atom stereocenters. The Morgan fingerprint density at radius 3 is 2.54 bits per heavy atom. The Morgan fingerprint density at radius 1 is 1.09 bits per heavy atom. The Bertz CT molecular complexity index is 1400. The van der Waals surface area contributed by atoms with Crippen molar-refractivity contribution in [2.45, 2.75) is 27.2 Å². The molecule has 2 aliphatic heterocycles. The zero-order valence-corrected chi connectivity index (χ0v) is 20.6. The maximum atomic E-state index is 12.9. The molecule has 2 aromatic carbocycles. The second-order valence-electron chi connectivity index (χ2n) is 8.26. The molecule has 0 spiro atoms. The van der Waals surface area contributed by atoms with Crippen LogP contribution in [0.25, 0.3) is 11.8 Å². The van der Waals surface area contributed by atoms with Crippen LogP contribution in [0.3, 0.4) is 0 Å². The van der Waals surface area contributed by atoms with Gasteiger partial charge in [-0.3, -0.25) is 10.2 Å². The Labute approximate surface area is 208 Å². The first-order valence-electron chi connectivity index (χ1n) is 11.4. The van der Waals surface area contributed by atoms with Gasteiger partial charge in [-0.2, -0.15) is 15.1 Å². The van der Waals surface area contributed by atoms with Gasteiger partial charge >= 0.3 is 0 Å². The van der Waals surface area contributed by atoms with Crippen LogP contribution in [0, 0.1) is 19.3 Å². The van der Waals surface area contributed by atoms with E-state index in [2.05, 4.69) is 14.7 Å². The second kappa shape index (κ2) is 9.38. The lowest BCUT2D eigenvalue weighted by atomic mass is 10.1. The van der Waals surface area contributed by atoms with E-state index in [4.69, 9.17) is 10.1 Å². The molecule has 8 heteroatoms. The summed E-state index contributed by atoms with van der Waals surface area (Å²) >= 11 is 1.34. The number of amides is 1. The molecule has 0 bridgehead atoms. The summed E-state index contributed by atoms with van der Waals surface area (Å²) < 4.78 is 7.67. The van der Waals surface area contributed by atoms with E-state index in [1.165, 1.54) is 16.8 Å². The summed E-state index contributed by atoms with van der Waals surface area (Å²) in [6.45, 7) is 6.60. The highest BCUT2D eigenvalue weighted by Gasteiger charge is 2.35. The predicted molar refractivity (Wildman–Crippen MR) is 142 cm³/mol. The number of aryl methyl sites for hydroxylation is 1. The summed E-state index contributed by atoms with van der Waals surface area (Å²) in [6.07, 6.45) is 2.37. The molecule has 0 saturated carbocycles. The zero-order chi connectivity index (χ0) is 24.5. The third-order valence-electron chi connectivity index (χ3n) is 5.87. The van der Waals surface area contributed by atoms with Crippen molar-refractivity contribution in [3.8, 4) is 11.4 Å². The van der Waals surface area contributed by atoms with Gasteiger partial charge in [-0.15, -0.1) is 0 Å². The molecule has 0 fully saturated rings. The van der Waals surface area contributed by atoms with Crippen molar-refractivity contribution in [3.63, 3.8) is 0 Å². The van der Waals surface area contributed by atoms with E-state index in [1.54, 1.807) is 6.08 Å². The predicted octanol–water partition coefficient (Wildman–Crippen LogP) is 5.35. The van der Waals surface area contributed by atoms with Crippen LogP contribution in [0.1, 0.15) is 29.4 Å². The molecule has 1 amide bonds. The van der Waals surface area contributed by atoms with Gasteiger partial charge in [0.25, 0.3) is 5.91 Å². The summed E-state index contributed by atoms with van der Waals surface area (Å²) in [7, 11) is 0. The number of fused-ring (bicyclic) bond motifs is 1. The number of nitrogens with one attached hydrogen (secondary N) is 1. The Balaban J connectivity index is 1.43. The van der Waals surface area contributed by atoms with Crippen LogP contribution in [0.5, 0.6) is 5.75 Å². The molecule has 7 nitrogen and oxygen atoms in total. The number of amidine groups is 2. The minimum Gasteiger partial charge on any atom is -0.494 e. The molecule has 0 saturated heterocycles. The highest BCUT2D eigenvalue weighted by Crippen LogP contribution is 2.31. The number of hydrazone groups is 1. The molecule has 0 aliphatic carbocycles. The summed E-state index contributed by atoms with van der Waals surface area (Å²) in [5.41, 5.74) is 5.21. The summed E-state index contributed by atoms with van der Waals surface area (Å²) in [5.74, 6) is 0.448. The largest absolute Gasteiger partial charge is 0.494 e.